The average Bonchev–Trinajstić information content (AvgIpc) is 3.39. The molecule has 30 heavy (non-hydrogen) atoms. The van der Waals surface area contributed by atoms with E-state index < -0.39 is 0 Å². The van der Waals surface area contributed by atoms with Crippen molar-refractivity contribution in [3.05, 3.63) is 58.7 Å². The Balaban J connectivity index is 1.93. The number of nitrogens with zero attached hydrogens (tertiary/aromatic N) is 1. The van der Waals surface area contributed by atoms with Crippen molar-refractivity contribution in [2.45, 2.75) is 73.6 Å². The van der Waals surface area contributed by atoms with Gasteiger partial charge >= 0.3 is 0 Å². The third-order valence-electron chi connectivity index (χ3n) is 6.55. The second-order valence-electron chi connectivity index (χ2n) is 10.1. The van der Waals surface area contributed by atoms with Crippen LogP contribution in [0, 0.1) is 10.8 Å². The molecule has 0 aliphatic heterocycles. The van der Waals surface area contributed by atoms with Crippen LogP contribution in [0.15, 0.2) is 58.7 Å². The summed E-state index contributed by atoms with van der Waals surface area (Å²) in [6, 6.07) is 0. The van der Waals surface area contributed by atoms with Gasteiger partial charge in [-0.3, -0.25) is 9.59 Å². The third-order valence-corrected chi connectivity index (χ3v) is 6.55. The molecule has 0 aromatic rings. The summed E-state index contributed by atoms with van der Waals surface area (Å²) in [5, 5.41) is 0. The van der Waals surface area contributed by atoms with Crippen molar-refractivity contribution in [1.29, 1.82) is 0 Å². The Bertz CT molecular complexity index is 829. The van der Waals surface area contributed by atoms with Crippen molar-refractivity contribution < 1.29 is 9.59 Å². The summed E-state index contributed by atoms with van der Waals surface area (Å²) in [7, 11) is 1.69. The number of likely N-dealkylation sites (N-methyl/N-ethyl adjacent to an activating group) is 1. The molecule has 2 rings (SSSR count). The molecule has 1 saturated carbocycles. The largest absolute Gasteiger partial charge is 0.335 e. The average molecular weight is 410 g/mol. The van der Waals surface area contributed by atoms with Crippen LogP contribution in [0.1, 0.15) is 73.6 Å². The summed E-state index contributed by atoms with van der Waals surface area (Å²) in [6.45, 7) is 13.1. The molecule has 3 nitrogen and oxygen atoms in total. The van der Waals surface area contributed by atoms with Gasteiger partial charge in [0, 0.05) is 18.5 Å². The van der Waals surface area contributed by atoms with Gasteiger partial charge in [-0.25, -0.2) is 0 Å². The molecule has 2 aliphatic carbocycles. The van der Waals surface area contributed by atoms with Crippen LogP contribution < -0.4 is 0 Å². The van der Waals surface area contributed by atoms with Gasteiger partial charge in [-0.05, 0) is 69.4 Å². The maximum Gasteiger partial charge on any atom is 0.246 e. The molecule has 0 heterocycles. The van der Waals surface area contributed by atoms with E-state index in [1.165, 1.54) is 40.9 Å². The summed E-state index contributed by atoms with van der Waals surface area (Å²) in [6.07, 6.45) is 17.6. The lowest BCUT2D eigenvalue weighted by Crippen LogP contribution is -2.34. The van der Waals surface area contributed by atoms with E-state index in [0.717, 1.165) is 18.4 Å². The van der Waals surface area contributed by atoms with E-state index in [2.05, 4.69) is 45.9 Å². The highest BCUT2D eigenvalue weighted by Crippen LogP contribution is 2.45. The Hall–Kier alpha value is -2.16. The standard InChI is InChI=1S/C27H39NO2/c1-20(13-14-23-22(3)12-9-15-26(23,4)5)10-8-11-21(2)18-25(30)28(7)19-24(29)27(6)16-17-27/h8,10-11,13-14,18H,9,12,15-17,19H2,1-7H3/b11-8+,14-13+,20-10-,21-18+. The highest BCUT2D eigenvalue weighted by atomic mass is 16.2. The highest BCUT2D eigenvalue weighted by molar-refractivity contribution is 5.95. The summed E-state index contributed by atoms with van der Waals surface area (Å²) in [5.41, 5.74) is 5.07. The molecule has 0 N–H and O–H groups in total. The Morgan fingerprint density at radius 2 is 1.70 bits per heavy atom. The molecule has 1 fully saturated rings. The summed E-state index contributed by atoms with van der Waals surface area (Å²) in [5.74, 6) is 0.0362. The molecule has 0 radical (unpaired) electrons. The van der Waals surface area contributed by atoms with Crippen LogP contribution in [-0.4, -0.2) is 30.2 Å². The minimum absolute atomic E-state index is 0.128. The number of hydrogen-bond donors (Lipinski definition) is 0. The first-order valence-corrected chi connectivity index (χ1v) is 11.1. The third kappa shape index (κ3) is 6.68. The fraction of sp³-hybridized carbons (Fsp3) is 0.556. The Labute approximate surface area is 183 Å². The summed E-state index contributed by atoms with van der Waals surface area (Å²) < 4.78 is 0. The number of rotatable bonds is 8. The second-order valence-corrected chi connectivity index (χ2v) is 10.1. The van der Waals surface area contributed by atoms with E-state index in [1.807, 2.05) is 26.0 Å². The van der Waals surface area contributed by atoms with Crippen LogP contribution in [0.3, 0.4) is 0 Å². The van der Waals surface area contributed by atoms with E-state index in [1.54, 1.807) is 13.1 Å². The number of Topliss-reactive ketones (excluding diaryl/α,β-unsaturated/α-hetero) is 1. The van der Waals surface area contributed by atoms with E-state index >= 15 is 0 Å². The first kappa shape index (κ1) is 24.1. The molecule has 0 saturated heterocycles. The Morgan fingerprint density at radius 3 is 2.30 bits per heavy atom. The maximum absolute atomic E-state index is 12.3. The number of carbonyl (C=O) groups excluding carboxylic acids is 2. The second kappa shape index (κ2) is 9.76. The number of amides is 1. The topological polar surface area (TPSA) is 37.4 Å². The maximum atomic E-state index is 12.3. The molecular weight excluding hydrogens is 370 g/mol. The lowest BCUT2D eigenvalue weighted by molar-refractivity contribution is -0.132. The summed E-state index contributed by atoms with van der Waals surface area (Å²) in [4.78, 5) is 26.0. The van der Waals surface area contributed by atoms with Gasteiger partial charge in [0.1, 0.15) is 0 Å². The van der Waals surface area contributed by atoms with E-state index in [0.29, 0.717) is 0 Å². The van der Waals surface area contributed by atoms with E-state index in [9.17, 15) is 9.59 Å². The number of carbonyl (C=O) groups is 2. The fourth-order valence-corrected chi connectivity index (χ4v) is 3.94. The molecule has 0 spiro atoms. The van der Waals surface area contributed by atoms with Crippen LogP contribution >= 0.6 is 0 Å². The minimum atomic E-state index is -0.190. The molecule has 0 bridgehead atoms. The minimum Gasteiger partial charge on any atom is -0.335 e. The van der Waals surface area contributed by atoms with Crippen LogP contribution in [0.2, 0.25) is 0 Å². The molecule has 0 atom stereocenters. The molecule has 2 aliphatic rings. The molecule has 0 aromatic heterocycles. The van der Waals surface area contributed by atoms with Crippen molar-refractivity contribution in [2.75, 3.05) is 13.6 Å². The quantitative estimate of drug-likeness (QED) is 0.346. The van der Waals surface area contributed by atoms with Gasteiger partial charge in [-0.15, -0.1) is 0 Å². The molecule has 3 heteroatoms. The normalized spacial score (nSPS) is 21.4. The van der Waals surface area contributed by atoms with Crippen LogP contribution in [0.5, 0.6) is 0 Å². The van der Waals surface area contributed by atoms with E-state index in [-0.39, 0.29) is 29.1 Å². The predicted octanol–water partition coefficient (Wildman–Crippen LogP) is 6.35. The lowest BCUT2D eigenvalue weighted by Gasteiger charge is -2.32. The van der Waals surface area contributed by atoms with Gasteiger partial charge in [0.15, 0.2) is 5.78 Å². The summed E-state index contributed by atoms with van der Waals surface area (Å²) >= 11 is 0. The SMILES string of the molecule is CC1=C(/C=C/C(C)=C\C=C\C(C)=C\C(=O)N(C)CC(=O)C2(C)CC2)C(C)(C)CCC1. The lowest BCUT2D eigenvalue weighted by atomic mass is 9.72. The first-order valence-electron chi connectivity index (χ1n) is 11.1. The fourth-order valence-electron chi connectivity index (χ4n) is 3.94. The van der Waals surface area contributed by atoms with Crippen molar-refractivity contribution in [3.8, 4) is 0 Å². The highest BCUT2D eigenvalue weighted by Gasteiger charge is 2.44. The molecule has 164 valence electrons. The van der Waals surface area contributed by atoms with Crippen molar-refractivity contribution >= 4 is 11.7 Å². The van der Waals surface area contributed by atoms with Crippen molar-refractivity contribution in [1.82, 2.24) is 4.90 Å². The molecule has 0 aromatic carbocycles. The zero-order chi connectivity index (χ0) is 22.5. The van der Waals surface area contributed by atoms with Crippen molar-refractivity contribution in [3.63, 3.8) is 0 Å². The molecule has 0 unspecified atom stereocenters. The van der Waals surface area contributed by atoms with Crippen LogP contribution in [-0.2, 0) is 9.59 Å². The van der Waals surface area contributed by atoms with Crippen molar-refractivity contribution in [2.24, 2.45) is 10.8 Å². The van der Waals surface area contributed by atoms with Gasteiger partial charge in [-0.1, -0.05) is 62.3 Å². The Morgan fingerprint density at radius 1 is 1.03 bits per heavy atom. The van der Waals surface area contributed by atoms with Gasteiger partial charge in [0.05, 0.1) is 6.54 Å². The zero-order valence-corrected chi connectivity index (χ0v) is 20.0. The van der Waals surface area contributed by atoms with Gasteiger partial charge < -0.3 is 4.90 Å². The van der Waals surface area contributed by atoms with Crippen LogP contribution in [0.4, 0.5) is 0 Å². The monoisotopic (exact) mass is 409 g/mol. The number of allylic oxidation sites excluding steroid dienone is 9. The smallest absolute Gasteiger partial charge is 0.246 e. The van der Waals surface area contributed by atoms with Gasteiger partial charge in [0.25, 0.3) is 0 Å². The zero-order valence-electron chi connectivity index (χ0n) is 20.0. The molecule has 1 amide bonds. The molecular formula is C27H39NO2. The number of hydrogen-bond acceptors (Lipinski definition) is 2. The first-order chi connectivity index (χ1) is 13.9. The van der Waals surface area contributed by atoms with Gasteiger partial charge in [-0.2, -0.15) is 0 Å². The Kier molecular flexibility index (Phi) is 7.85. The number of ketones is 1. The predicted molar refractivity (Wildman–Crippen MR) is 126 cm³/mol. The van der Waals surface area contributed by atoms with Crippen LogP contribution in [0.25, 0.3) is 0 Å². The van der Waals surface area contributed by atoms with Gasteiger partial charge in [0.2, 0.25) is 5.91 Å². The van der Waals surface area contributed by atoms with E-state index in [4.69, 9.17) is 0 Å².